The lowest BCUT2D eigenvalue weighted by molar-refractivity contribution is 0.404. The van der Waals surface area contributed by atoms with E-state index in [1.165, 1.54) is 18.4 Å². The maximum absolute atomic E-state index is 12.4. The Labute approximate surface area is 125 Å². The average Bonchev–Trinajstić information content (AvgIpc) is 2.88. The van der Waals surface area contributed by atoms with Crippen LogP contribution in [0.4, 0.5) is 0 Å². The van der Waals surface area contributed by atoms with E-state index in [4.69, 9.17) is 4.74 Å². The topological polar surface area (TPSA) is 56.5 Å². The first-order chi connectivity index (χ1) is 10.2. The Balaban J connectivity index is 2.14. The quantitative estimate of drug-likeness (QED) is 0.746. The highest BCUT2D eigenvalue weighted by atomic mass is 32.1. The summed E-state index contributed by atoms with van der Waals surface area (Å²) in [7, 11) is 1.48. The van der Waals surface area contributed by atoms with E-state index in [0.717, 1.165) is 11.3 Å². The molecule has 5 nitrogen and oxygen atoms in total. The fraction of sp³-hybridized carbons (Fsp3) is 0.133. The average molecular weight is 299 g/mol. The first kappa shape index (κ1) is 13.5. The van der Waals surface area contributed by atoms with Crippen LogP contribution >= 0.6 is 11.3 Å². The molecule has 0 radical (unpaired) electrons. The molecule has 6 heteroatoms. The van der Waals surface area contributed by atoms with Crippen molar-refractivity contribution in [2.24, 2.45) is 0 Å². The number of aromatic nitrogens is 3. The molecule has 0 aliphatic carbocycles. The Morgan fingerprint density at radius 1 is 1.38 bits per heavy atom. The number of hydrogen-bond donors (Lipinski definition) is 0. The van der Waals surface area contributed by atoms with Crippen LogP contribution in [-0.4, -0.2) is 21.5 Å². The lowest BCUT2D eigenvalue weighted by atomic mass is 10.2. The summed E-state index contributed by atoms with van der Waals surface area (Å²) in [5.41, 5.74) is 2.12. The maximum Gasteiger partial charge on any atom is 0.301 e. The molecule has 0 saturated heterocycles. The van der Waals surface area contributed by atoms with Gasteiger partial charge in [0.2, 0.25) is 5.75 Å². The number of methoxy groups -OCH3 is 1. The summed E-state index contributed by atoms with van der Waals surface area (Å²) < 4.78 is 6.80. The zero-order valence-corrected chi connectivity index (χ0v) is 12.4. The third-order valence-electron chi connectivity index (χ3n) is 3.05. The van der Waals surface area contributed by atoms with Gasteiger partial charge in [-0.25, -0.2) is 4.98 Å². The third kappa shape index (κ3) is 2.45. The number of nitrogens with zero attached hydrogens (tertiary/aromatic N) is 3. The van der Waals surface area contributed by atoms with Crippen molar-refractivity contribution in [2.45, 2.75) is 6.92 Å². The van der Waals surface area contributed by atoms with Crippen molar-refractivity contribution in [3.8, 4) is 5.75 Å². The predicted octanol–water partition coefficient (Wildman–Crippen LogP) is 2.64. The largest absolute Gasteiger partial charge is 0.490 e. The Morgan fingerprint density at radius 3 is 2.95 bits per heavy atom. The molecule has 21 heavy (non-hydrogen) atoms. The molecule has 0 saturated carbocycles. The van der Waals surface area contributed by atoms with Crippen LogP contribution in [0.1, 0.15) is 17.0 Å². The van der Waals surface area contributed by atoms with Crippen LogP contribution in [-0.2, 0) is 0 Å². The van der Waals surface area contributed by atoms with Gasteiger partial charge >= 0.3 is 5.56 Å². The molecule has 3 aromatic heterocycles. The molecule has 0 bridgehead atoms. The van der Waals surface area contributed by atoms with Crippen LogP contribution in [0.25, 0.3) is 17.1 Å². The van der Waals surface area contributed by atoms with Gasteiger partial charge in [0.1, 0.15) is 5.69 Å². The zero-order chi connectivity index (χ0) is 14.8. The van der Waals surface area contributed by atoms with Crippen molar-refractivity contribution >= 4 is 28.4 Å². The van der Waals surface area contributed by atoms with Crippen molar-refractivity contribution in [1.29, 1.82) is 0 Å². The van der Waals surface area contributed by atoms with Crippen LogP contribution in [0.15, 0.2) is 34.7 Å². The summed E-state index contributed by atoms with van der Waals surface area (Å²) in [4.78, 5) is 21.6. The van der Waals surface area contributed by atoms with E-state index in [1.54, 1.807) is 22.9 Å². The molecular formula is C15H13N3O2S. The Hall–Kier alpha value is -2.47. The highest BCUT2D eigenvalue weighted by Gasteiger charge is 2.13. The minimum absolute atomic E-state index is 0.188. The molecule has 0 atom stereocenters. The van der Waals surface area contributed by atoms with Crippen LogP contribution in [0.3, 0.4) is 0 Å². The minimum atomic E-state index is -0.188. The molecule has 0 aromatic carbocycles. The monoisotopic (exact) mass is 299 g/mol. The van der Waals surface area contributed by atoms with Gasteiger partial charge in [-0.05, 0) is 24.6 Å². The SMILES string of the molecule is COc1c(/C=C/c2cccnc2)nc2scc(C)n2c1=O. The van der Waals surface area contributed by atoms with Gasteiger partial charge in [-0.2, -0.15) is 0 Å². The molecule has 106 valence electrons. The molecule has 0 spiro atoms. The molecule has 3 heterocycles. The van der Waals surface area contributed by atoms with Crippen molar-refractivity contribution in [1.82, 2.24) is 14.4 Å². The van der Waals surface area contributed by atoms with Crippen LogP contribution in [0.5, 0.6) is 5.75 Å². The lowest BCUT2D eigenvalue weighted by Crippen LogP contribution is -2.18. The van der Waals surface area contributed by atoms with E-state index < -0.39 is 0 Å². The van der Waals surface area contributed by atoms with Gasteiger partial charge in [0.05, 0.1) is 7.11 Å². The Kier molecular flexibility index (Phi) is 3.53. The van der Waals surface area contributed by atoms with Crippen LogP contribution in [0.2, 0.25) is 0 Å². The second kappa shape index (κ2) is 5.49. The molecule has 0 aliphatic rings. The molecule has 0 fully saturated rings. The lowest BCUT2D eigenvalue weighted by Gasteiger charge is -2.04. The van der Waals surface area contributed by atoms with E-state index in [9.17, 15) is 4.79 Å². The molecule has 0 N–H and O–H groups in total. The van der Waals surface area contributed by atoms with Crippen molar-refractivity contribution < 1.29 is 4.74 Å². The fourth-order valence-electron chi connectivity index (χ4n) is 2.04. The van der Waals surface area contributed by atoms with Crippen molar-refractivity contribution in [3.63, 3.8) is 0 Å². The maximum atomic E-state index is 12.4. The number of aryl methyl sites for hydroxylation is 1. The number of hydrogen-bond acceptors (Lipinski definition) is 5. The summed E-state index contributed by atoms with van der Waals surface area (Å²) in [5.74, 6) is 0.245. The van der Waals surface area contributed by atoms with E-state index >= 15 is 0 Å². The van der Waals surface area contributed by atoms with E-state index in [1.807, 2.05) is 30.5 Å². The number of pyridine rings is 1. The minimum Gasteiger partial charge on any atom is -0.490 e. The van der Waals surface area contributed by atoms with Gasteiger partial charge in [-0.1, -0.05) is 12.1 Å². The van der Waals surface area contributed by atoms with Crippen LogP contribution in [0, 0.1) is 6.92 Å². The van der Waals surface area contributed by atoms with E-state index in [-0.39, 0.29) is 11.3 Å². The van der Waals surface area contributed by atoms with Gasteiger partial charge < -0.3 is 4.74 Å². The van der Waals surface area contributed by atoms with Gasteiger partial charge in [-0.15, -0.1) is 11.3 Å². The van der Waals surface area contributed by atoms with Gasteiger partial charge in [0.15, 0.2) is 4.96 Å². The van der Waals surface area contributed by atoms with Gasteiger partial charge in [0, 0.05) is 23.5 Å². The fourth-order valence-corrected chi connectivity index (χ4v) is 2.90. The first-order valence-corrected chi connectivity index (χ1v) is 7.21. The van der Waals surface area contributed by atoms with Gasteiger partial charge in [-0.3, -0.25) is 14.2 Å². The molecule has 0 unspecified atom stereocenters. The Morgan fingerprint density at radius 2 is 2.24 bits per heavy atom. The summed E-state index contributed by atoms with van der Waals surface area (Å²) in [6.07, 6.45) is 7.08. The number of ether oxygens (including phenoxy) is 1. The summed E-state index contributed by atoms with van der Waals surface area (Å²) >= 11 is 1.43. The Bertz CT molecular complexity index is 866. The van der Waals surface area contributed by atoms with E-state index in [0.29, 0.717) is 10.7 Å². The van der Waals surface area contributed by atoms with Crippen molar-refractivity contribution in [2.75, 3.05) is 7.11 Å². The second-order valence-corrected chi connectivity index (χ2v) is 5.29. The zero-order valence-electron chi connectivity index (χ0n) is 11.6. The van der Waals surface area contributed by atoms with Crippen LogP contribution < -0.4 is 10.3 Å². The smallest absolute Gasteiger partial charge is 0.301 e. The summed E-state index contributed by atoms with van der Waals surface area (Å²) in [6, 6.07) is 3.78. The molecule has 0 amide bonds. The third-order valence-corrected chi connectivity index (χ3v) is 3.99. The first-order valence-electron chi connectivity index (χ1n) is 6.33. The molecular weight excluding hydrogens is 286 g/mol. The highest BCUT2D eigenvalue weighted by molar-refractivity contribution is 7.15. The number of fused-ring (bicyclic) bond motifs is 1. The van der Waals surface area contributed by atoms with Crippen molar-refractivity contribution in [3.05, 3.63) is 57.2 Å². The molecule has 3 aromatic rings. The highest BCUT2D eigenvalue weighted by Crippen LogP contribution is 2.19. The molecule has 3 rings (SSSR count). The van der Waals surface area contributed by atoms with E-state index in [2.05, 4.69) is 9.97 Å². The normalized spacial score (nSPS) is 11.3. The number of rotatable bonds is 3. The number of thiazole rings is 1. The second-order valence-electron chi connectivity index (χ2n) is 4.45. The molecule has 0 aliphatic heterocycles. The summed E-state index contributed by atoms with van der Waals surface area (Å²) in [5, 5.41) is 1.90. The standard InChI is InChI=1S/C15H13N3O2S/c1-10-9-21-15-17-12(13(20-2)14(19)18(10)15)6-5-11-4-3-7-16-8-11/h3-9H,1-2H3/b6-5+. The summed E-state index contributed by atoms with van der Waals surface area (Å²) in [6.45, 7) is 1.87. The predicted molar refractivity (Wildman–Crippen MR) is 83.8 cm³/mol. The van der Waals surface area contributed by atoms with Gasteiger partial charge in [0.25, 0.3) is 0 Å².